The molecule has 0 heterocycles. The quantitative estimate of drug-likeness (QED) is 0.782. The molecule has 20 heavy (non-hydrogen) atoms. The molecule has 1 aliphatic carbocycles. The average Bonchev–Trinajstić information content (AvgIpc) is 2.37. The number of ether oxygens (including phenoxy) is 1. The van der Waals surface area contributed by atoms with Crippen LogP contribution in [0.25, 0.3) is 0 Å². The largest absolute Gasteiger partial charge is 0.493 e. The summed E-state index contributed by atoms with van der Waals surface area (Å²) >= 11 is 0. The summed E-state index contributed by atoms with van der Waals surface area (Å²) in [5.41, 5.74) is 1.64. The zero-order valence-electron chi connectivity index (χ0n) is 12.0. The molecule has 0 N–H and O–H groups in total. The lowest BCUT2D eigenvalue weighted by Crippen LogP contribution is -2.16. The number of halogens is 1. The lowest BCUT2D eigenvalue weighted by Gasteiger charge is -2.23. The van der Waals surface area contributed by atoms with Crippen molar-refractivity contribution in [1.82, 2.24) is 0 Å². The summed E-state index contributed by atoms with van der Waals surface area (Å²) in [5.74, 6) is 1.42. The number of hydrogen-bond acceptors (Lipinski definition) is 3. The third kappa shape index (κ3) is 3.89. The SMILES string of the molecule is Cc1cc(S(=O)(=O)Cl)cc(C)c1OCC1CCCCC1. The first-order chi connectivity index (χ1) is 9.38. The van der Waals surface area contributed by atoms with Gasteiger partial charge in [-0.1, -0.05) is 19.3 Å². The normalized spacial score (nSPS) is 17.1. The van der Waals surface area contributed by atoms with Crippen LogP contribution < -0.4 is 4.74 Å². The molecule has 0 bridgehead atoms. The van der Waals surface area contributed by atoms with E-state index in [2.05, 4.69) is 0 Å². The molecule has 0 unspecified atom stereocenters. The molecule has 1 fully saturated rings. The van der Waals surface area contributed by atoms with Crippen LogP contribution in [0.4, 0.5) is 0 Å². The van der Waals surface area contributed by atoms with E-state index in [4.69, 9.17) is 15.4 Å². The van der Waals surface area contributed by atoms with E-state index < -0.39 is 9.05 Å². The Morgan fingerprint density at radius 2 is 1.70 bits per heavy atom. The second kappa shape index (κ2) is 6.35. The van der Waals surface area contributed by atoms with Gasteiger partial charge in [0.15, 0.2) is 0 Å². The van der Waals surface area contributed by atoms with Crippen LogP contribution in [0, 0.1) is 19.8 Å². The Labute approximate surface area is 125 Å². The van der Waals surface area contributed by atoms with Crippen LogP contribution in [0.3, 0.4) is 0 Å². The van der Waals surface area contributed by atoms with Crippen molar-refractivity contribution >= 4 is 19.7 Å². The van der Waals surface area contributed by atoms with E-state index >= 15 is 0 Å². The second-order valence-electron chi connectivity index (χ2n) is 5.64. The summed E-state index contributed by atoms with van der Waals surface area (Å²) in [4.78, 5) is 0.138. The van der Waals surface area contributed by atoms with Gasteiger partial charge in [0.2, 0.25) is 0 Å². The average molecular weight is 317 g/mol. The smallest absolute Gasteiger partial charge is 0.261 e. The molecule has 3 nitrogen and oxygen atoms in total. The monoisotopic (exact) mass is 316 g/mol. The van der Waals surface area contributed by atoms with Crippen LogP contribution in [-0.4, -0.2) is 15.0 Å². The summed E-state index contributed by atoms with van der Waals surface area (Å²) < 4.78 is 28.7. The predicted molar refractivity (Wildman–Crippen MR) is 81.0 cm³/mol. The van der Waals surface area contributed by atoms with Crippen LogP contribution in [0.1, 0.15) is 43.2 Å². The molecule has 5 heteroatoms. The standard InChI is InChI=1S/C15H21ClO3S/c1-11-8-14(20(16,17)18)9-12(2)15(11)19-10-13-6-4-3-5-7-13/h8-9,13H,3-7,10H2,1-2H3. The highest BCUT2D eigenvalue weighted by atomic mass is 35.7. The maximum Gasteiger partial charge on any atom is 0.261 e. The van der Waals surface area contributed by atoms with Crippen LogP contribution >= 0.6 is 10.7 Å². The Morgan fingerprint density at radius 1 is 1.15 bits per heavy atom. The minimum Gasteiger partial charge on any atom is -0.493 e. The van der Waals surface area contributed by atoms with Gasteiger partial charge in [0.1, 0.15) is 5.75 Å². The molecule has 1 aromatic carbocycles. The predicted octanol–water partition coefficient (Wildman–Crippen LogP) is 4.19. The lowest BCUT2D eigenvalue weighted by molar-refractivity contribution is 0.207. The highest BCUT2D eigenvalue weighted by Crippen LogP contribution is 2.30. The van der Waals surface area contributed by atoms with Gasteiger partial charge in [-0.3, -0.25) is 0 Å². The minimum atomic E-state index is -3.68. The topological polar surface area (TPSA) is 43.4 Å². The number of rotatable bonds is 4. The van der Waals surface area contributed by atoms with E-state index in [1.54, 1.807) is 12.1 Å². The first-order valence-corrected chi connectivity index (χ1v) is 9.37. The van der Waals surface area contributed by atoms with E-state index in [-0.39, 0.29) is 4.90 Å². The fourth-order valence-corrected chi connectivity index (χ4v) is 3.74. The molecule has 0 radical (unpaired) electrons. The molecule has 0 atom stereocenters. The fourth-order valence-electron chi connectivity index (χ4n) is 2.83. The van der Waals surface area contributed by atoms with Crippen molar-refractivity contribution in [3.05, 3.63) is 23.3 Å². The van der Waals surface area contributed by atoms with Crippen molar-refractivity contribution in [2.75, 3.05) is 6.61 Å². The molecule has 0 aromatic heterocycles. The first-order valence-electron chi connectivity index (χ1n) is 7.06. The summed E-state index contributed by atoms with van der Waals surface area (Å²) in [5, 5.41) is 0. The molecule has 2 rings (SSSR count). The van der Waals surface area contributed by atoms with Gasteiger partial charge in [0.25, 0.3) is 9.05 Å². The third-order valence-electron chi connectivity index (χ3n) is 3.90. The van der Waals surface area contributed by atoms with Crippen molar-refractivity contribution < 1.29 is 13.2 Å². The molecule has 0 aliphatic heterocycles. The van der Waals surface area contributed by atoms with Gasteiger partial charge in [0, 0.05) is 10.7 Å². The van der Waals surface area contributed by atoms with Gasteiger partial charge in [-0.25, -0.2) is 8.42 Å². The zero-order valence-corrected chi connectivity index (χ0v) is 13.6. The summed E-state index contributed by atoms with van der Waals surface area (Å²) in [6, 6.07) is 3.15. The number of aryl methyl sites for hydroxylation is 2. The zero-order chi connectivity index (χ0) is 14.8. The number of benzene rings is 1. The van der Waals surface area contributed by atoms with Crippen molar-refractivity contribution in [2.24, 2.45) is 5.92 Å². The van der Waals surface area contributed by atoms with E-state index in [0.717, 1.165) is 16.9 Å². The highest BCUT2D eigenvalue weighted by Gasteiger charge is 2.17. The van der Waals surface area contributed by atoms with Crippen molar-refractivity contribution in [3.8, 4) is 5.75 Å². The van der Waals surface area contributed by atoms with Gasteiger partial charge in [-0.2, -0.15) is 0 Å². The molecule has 1 aromatic rings. The molecule has 0 amide bonds. The van der Waals surface area contributed by atoms with Crippen LogP contribution in [-0.2, 0) is 9.05 Å². The highest BCUT2D eigenvalue weighted by molar-refractivity contribution is 8.13. The van der Waals surface area contributed by atoms with Crippen molar-refractivity contribution in [3.63, 3.8) is 0 Å². The van der Waals surface area contributed by atoms with Gasteiger partial charge < -0.3 is 4.74 Å². The summed E-state index contributed by atoms with van der Waals surface area (Å²) in [7, 11) is 1.70. The Bertz CT molecular complexity index is 552. The molecular weight excluding hydrogens is 296 g/mol. The summed E-state index contributed by atoms with van der Waals surface area (Å²) in [6.07, 6.45) is 6.36. The first kappa shape index (κ1) is 15.6. The third-order valence-corrected chi connectivity index (χ3v) is 5.24. The van der Waals surface area contributed by atoms with Crippen molar-refractivity contribution in [2.45, 2.75) is 50.8 Å². The Balaban J connectivity index is 2.12. The molecule has 1 aliphatic rings. The Morgan fingerprint density at radius 3 is 2.20 bits per heavy atom. The van der Waals surface area contributed by atoms with E-state index in [0.29, 0.717) is 12.5 Å². The molecule has 112 valence electrons. The van der Waals surface area contributed by atoms with Gasteiger partial charge in [-0.15, -0.1) is 0 Å². The van der Waals surface area contributed by atoms with E-state index in [9.17, 15) is 8.42 Å². The maximum atomic E-state index is 11.4. The molecule has 1 saturated carbocycles. The second-order valence-corrected chi connectivity index (χ2v) is 8.21. The van der Waals surface area contributed by atoms with Gasteiger partial charge in [0.05, 0.1) is 11.5 Å². The fraction of sp³-hybridized carbons (Fsp3) is 0.600. The van der Waals surface area contributed by atoms with Crippen LogP contribution in [0.15, 0.2) is 17.0 Å². The molecule has 0 saturated heterocycles. The maximum absolute atomic E-state index is 11.4. The minimum absolute atomic E-state index is 0.138. The molecule has 0 spiro atoms. The van der Waals surface area contributed by atoms with Crippen molar-refractivity contribution in [1.29, 1.82) is 0 Å². The van der Waals surface area contributed by atoms with Gasteiger partial charge in [-0.05, 0) is 55.9 Å². The summed E-state index contributed by atoms with van der Waals surface area (Å²) in [6.45, 7) is 4.43. The number of hydrogen-bond donors (Lipinski definition) is 0. The Kier molecular flexibility index (Phi) is 4.97. The van der Waals surface area contributed by atoms with Crippen LogP contribution in [0.5, 0.6) is 5.75 Å². The van der Waals surface area contributed by atoms with E-state index in [1.165, 1.54) is 32.1 Å². The molecular formula is C15H21ClO3S. The van der Waals surface area contributed by atoms with Crippen LogP contribution in [0.2, 0.25) is 0 Å². The Hall–Kier alpha value is -0.740. The lowest BCUT2D eigenvalue weighted by atomic mass is 9.90. The van der Waals surface area contributed by atoms with E-state index in [1.807, 2.05) is 13.8 Å². The van der Waals surface area contributed by atoms with Gasteiger partial charge >= 0.3 is 0 Å².